The Morgan fingerprint density at radius 3 is 1.23 bits per heavy atom. The second-order valence-corrected chi connectivity index (χ2v) is 30.3. The second-order valence-electron chi connectivity index (χ2n) is 29.5. The van der Waals surface area contributed by atoms with Crippen molar-refractivity contribution in [3.8, 4) is 68.3 Å². The number of hydrogen-bond donors (Lipinski definition) is 11. The number of nitrogens with one attached hydrogen (secondary N) is 4. The number of para-hydroxylation sites is 4. The van der Waals surface area contributed by atoms with Gasteiger partial charge in [-0.05, 0) is 124 Å². The van der Waals surface area contributed by atoms with Gasteiger partial charge >= 0.3 is 36.2 Å². The number of H-pyrrole nitrogens is 4. The normalized spacial score (nSPS) is 15.6. The number of nitrogen functional groups attached to an aromatic ring is 4. The summed E-state index contributed by atoms with van der Waals surface area (Å²) < 4.78 is 92.6. The van der Waals surface area contributed by atoms with E-state index in [0.29, 0.717) is 169 Å². The molecular weight excluding hydrogens is 1640 g/mol. The van der Waals surface area contributed by atoms with Gasteiger partial charge in [-0.15, -0.1) is 0 Å². The lowest BCUT2D eigenvalue weighted by atomic mass is 9.81. The number of carboxylic acid groups (broad SMARTS) is 3. The monoisotopic (exact) mass is 1710 g/mol. The van der Waals surface area contributed by atoms with Crippen molar-refractivity contribution in [2.24, 2.45) is 11.8 Å². The predicted octanol–water partition coefficient (Wildman–Crippen LogP) is 17.5. The number of carbonyl (C=O) groups excluding carboxylic acids is 1. The van der Waals surface area contributed by atoms with Crippen LogP contribution in [0.15, 0.2) is 183 Å². The molecule has 0 radical (unpaired) electrons. The van der Waals surface area contributed by atoms with Gasteiger partial charge in [0, 0.05) is 69.3 Å². The van der Waals surface area contributed by atoms with Gasteiger partial charge in [-0.1, -0.05) is 96.0 Å². The lowest BCUT2D eigenvalue weighted by molar-refractivity contribution is -0.146. The van der Waals surface area contributed by atoms with Crippen molar-refractivity contribution in [1.82, 2.24) is 87.8 Å². The maximum Gasteiger partial charge on any atom is 0.418 e. The SMILES string of the molecule is COC(=O)C1CCC(c2nc(-c3cc4cccc(C(F)(F)F)c4[nH]3)c3c(N)ncnn23)CC1.Nc1nccn2c(-c3ccc(C(=O)O)cc3)nc(-c3cc4cccc(Cl)c4[nH]3)c12.Nc1nccn2c(-c3cccc(C(=O)O)c3)nc(-c3cc4cccc(Cl)c4[nH]3)c12.Nc1ncnn2c(C3CCC(C(=O)O)CC3)nc(-c3cc4cccc(C(F)(F)F)c4[nH]3)c12. The number of methoxy groups -OCH3 is 1. The number of nitrogens with zero attached hydrogens (tertiary/aromatic N) is 14. The summed E-state index contributed by atoms with van der Waals surface area (Å²) in [6.45, 7) is 0. The number of anilines is 4. The Morgan fingerprint density at radius 1 is 0.439 bits per heavy atom. The number of esters is 1. The molecule has 0 unspecified atom stereocenters. The number of aromatic nitrogens is 18. The topological polar surface area (TPSA) is 452 Å². The highest BCUT2D eigenvalue weighted by atomic mass is 35.5. The molecule has 0 atom stereocenters. The molecule has 6 aromatic carbocycles. The Bertz CT molecular complexity index is 7210. The first-order valence-corrected chi connectivity index (χ1v) is 39.0. The van der Waals surface area contributed by atoms with Crippen molar-refractivity contribution < 1.29 is 65.6 Å². The molecule has 2 fully saturated rings. The minimum absolute atomic E-state index is 0.0107. The largest absolute Gasteiger partial charge is 0.481 e. The maximum atomic E-state index is 13.5. The van der Waals surface area contributed by atoms with Crippen LogP contribution in [-0.4, -0.2) is 134 Å². The van der Waals surface area contributed by atoms with Gasteiger partial charge in [0.15, 0.2) is 11.6 Å². The number of ether oxygens (including phenoxy) is 1. The standard InChI is InChI=1S/C22H21F3N6O2.2C21H14ClN5O2.C21H19F3N6O2/c1-33-21(32)12-7-5-11(6-8-12)20-30-17(18-19(26)27-10-28-31(18)20)15-9-13-3-2-4-14(16(13)29-15)22(23,24)25;22-14-6-2-3-11-10-15(25-16(11)14)17-18-19(23)24-7-8-27(18)20(26-17)12-4-1-5-13(9-12)21(28)29;22-14-3-1-2-13-10-15(25-16(13)14)17-18-19(23)24-8-9-27(18)20(26-17)11-4-6-12(7-5-11)21(28)29;22-21(23,24)13-3-1-2-12-8-14(28-15(12)13)16-17-18(25)26-9-27-30(17)19(29-16)10-4-6-11(7-5-10)20(31)32/h2-4,9-12,29H,5-8H2,1H3,(H2,26,27,28);2*1-10,25H,(H2,23,24)(H,28,29);1-3,8-11,28H,4-7H2,(H,31,32)(H2,25,26,27). The number of imidazole rings is 4. The van der Waals surface area contributed by atoms with Gasteiger partial charge in [0.1, 0.15) is 92.4 Å². The van der Waals surface area contributed by atoms with Crippen LogP contribution in [0.25, 0.3) is 134 Å². The fraction of sp³-hybridized carbons (Fsp3) is 0.176. The Labute approximate surface area is 698 Å². The molecule has 2 saturated carbocycles. The number of alkyl halides is 6. The molecule has 12 aromatic heterocycles. The van der Waals surface area contributed by atoms with E-state index >= 15 is 0 Å². The van der Waals surface area contributed by atoms with Crippen LogP contribution in [0.2, 0.25) is 10.0 Å². The average molecular weight is 1710 g/mol. The molecule has 0 spiro atoms. The van der Waals surface area contributed by atoms with Crippen LogP contribution in [-0.2, 0) is 26.7 Å². The Balaban J connectivity index is 0.000000117. The lowest BCUT2D eigenvalue weighted by Crippen LogP contribution is -2.23. The van der Waals surface area contributed by atoms with E-state index in [2.05, 4.69) is 50.1 Å². The predicted molar refractivity (Wildman–Crippen MR) is 448 cm³/mol. The molecule has 0 aliphatic heterocycles. The third-order valence-corrected chi connectivity index (χ3v) is 22.7. The number of halogens is 8. The number of carbonyl (C=O) groups is 4. The fourth-order valence-corrected chi connectivity index (χ4v) is 16.7. The summed E-state index contributed by atoms with van der Waals surface area (Å²) in [6, 6.07) is 39.6. The molecule has 123 heavy (non-hydrogen) atoms. The molecule has 30 nitrogen and oxygen atoms in total. The number of aromatic amines is 4. The van der Waals surface area contributed by atoms with Crippen molar-refractivity contribution in [3.05, 3.63) is 227 Å². The van der Waals surface area contributed by atoms with Crippen LogP contribution < -0.4 is 22.9 Å². The molecule has 622 valence electrons. The molecule has 2 aliphatic rings. The van der Waals surface area contributed by atoms with Gasteiger partial charge in [-0.25, -0.2) is 58.5 Å². The van der Waals surface area contributed by atoms with Crippen molar-refractivity contribution in [3.63, 3.8) is 0 Å². The number of hydrogen-bond acceptors (Lipinski definition) is 19. The van der Waals surface area contributed by atoms with Gasteiger partial charge in [-0.2, -0.15) is 36.5 Å². The number of nitrogens with two attached hydrogens (primary N) is 4. The summed E-state index contributed by atoms with van der Waals surface area (Å²) in [6.07, 6.45) is 5.32. The number of carboxylic acids is 3. The van der Waals surface area contributed by atoms with E-state index in [-0.39, 0.29) is 63.4 Å². The number of fused-ring (bicyclic) bond motifs is 8. The second kappa shape index (κ2) is 32.0. The molecule has 20 rings (SSSR count). The molecule has 0 saturated heterocycles. The zero-order chi connectivity index (χ0) is 86.2. The Kier molecular flexibility index (Phi) is 20.9. The molecule has 0 amide bonds. The van der Waals surface area contributed by atoms with Crippen LogP contribution in [0.1, 0.15) is 107 Å². The molecular formula is C85H68Cl2F6N22O8. The summed E-state index contributed by atoms with van der Waals surface area (Å²) >= 11 is 12.6. The maximum absolute atomic E-state index is 13.5. The summed E-state index contributed by atoms with van der Waals surface area (Å²) in [4.78, 5) is 93.7. The minimum atomic E-state index is -4.51. The summed E-state index contributed by atoms with van der Waals surface area (Å²) in [5.41, 5.74) is 32.9. The zero-order valence-corrected chi connectivity index (χ0v) is 65.8. The summed E-state index contributed by atoms with van der Waals surface area (Å²) in [5, 5.41) is 40.3. The molecule has 15 N–H and O–H groups in total. The van der Waals surface area contributed by atoms with Crippen molar-refractivity contribution in [2.75, 3.05) is 30.0 Å². The quantitative estimate of drug-likeness (QED) is 0.0400. The number of aromatic carboxylic acids is 2. The van der Waals surface area contributed by atoms with E-state index in [9.17, 15) is 55.7 Å². The van der Waals surface area contributed by atoms with E-state index < -0.39 is 41.4 Å². The average Bonchev–Trinajstić information content (AvgIpc) is 1.61. The van der Waals surface area contributed by atoms with Crippen LogP contribution >= 0.6 is 23.2 Å². The number of rotatable bonds is 12. The van der Waals surface area contributed by atoms with E-state index in [1.165, 1.54) is 38.0 Å². The molecule has 38 heteroatoms. The summed E-state index contributed by atoms with van der Waals surface area (Å²) in [5.74, 6) is -0.127. The first kappa shape index (κ1) is 80.5. The highest BCUT2D eigenvalue weighted by Gasteiger charge is 2.38. The van der Waals surface area contributed by atoms with Crippen molar-refractivity contribution in [2.45, 2.75) is 75.6 Å². The highest BCUT2D eigenvalue weighted by molar-refractivity contribution is 6.35. The van der Waals surface area contributed by atoms with Crippen LogP contribution in [0.5, 0.6) is 0 Å². The summed E-state index contributed by atoms with van der Waals surface area (Å²) in [7, 11) is 1.38. The minimum Gasteiger partial charge on any atom is -0.481 e. The smallest absolute Gasteiger partial charge is 0.418 e. The van der Waals surface area contributed by atoms with Crippen LogP contribution in [0.3, 0.4) is 0 Å². The Hall–Kier alpha value is -14.9. The van der Waals surface area contributed by atoms with Gasteiger partial charge < -0.3 is 62.9 Å². The van der Waals surface area contributed by atoms with Gasteiger partial charge in [0.25, 0.3) is 0 Å². The molecule has 0 bridgehead atoms. The molecule has 2 aliphatic carbocycles. The van der Waals surface area contributed by atoms with Gasteiger partial charge in [0.05, 0.1) is 96.1 Å². The van der Waals surface area contributed by atoms with E-state index in [0.717, 1.165) is 50.9 Å². The third-order valence-electron chi connectivity index (χ3n) is 22.1. The van der Waals surface area contributed by atoms with E-state index in [1.807, 2.05) is 63.4 Å². The Morgan fingerprint density at radius 2 is 0.821 bits per heavy atom. The number of benzene rings is 6. The molecule has 12 heterocycles. The fourth-order valence-electron chi connectivity index (χ4n) is 16.2. The van der Waals surface area contributed by atoms with E-state index in [4.69, 9.17) is 75.9 Å². The highest BCUT2D eigenvalue weighted by Crippen LogP contribution is 2.45. The third kappa shape index (κ3) is 15.2. The van der Waals surface area contributed by atoms with Gasteiger partial charge in [0.2, 0.25) is 0 Å². The van der Waals surface area contributed by atoms with Crippen LogP contribution in [0.4, 0.5) is 49.6 Å². The molecule has 18 aromatic rings. The zero-order valence-electron chi connectivity index (χ0n) is 64.3. The van der Waals surface area contributed by atoms with Crippen molar-refractivity contribution in [1.29, 1.82) is 0 Å². The first-order chi connectivity index (χ1) is 59.1. The number of aliphatic carboxylic acids is 1. The van der Waals surface area contributed by atoms with Gasteiger partial charge in [-0.3, -0.25) is 18.4 Å². The van der Waals surface area contributed by atoms with Crippen LogP contribution in [0, 0.1) is 11.8 Å². The lowest BCUT2D eigenvalue weighted by Gasteiger charge is -2.25. The van der Waals surface area contributed by atoms with Crippen molar-refractivity contribution >= 4 is 136 Å². The van der Waals surface area contributed by atoms with E-state index in [1.54, 1.807) is 94.5 Å². The first-order valence-electron chi connectivity index (χ1n) is 38.2.